The van der Waals surface area contributed by atoms with E-state index in [2.05, 4.69) is 9.80 Å². The fourth-order valence-corrected chi connectivity index (χ4v) is 3.58. The number of carbonyl (C=O) groups excluding carboxylic acids is 2. The van der Waals surface area contributed by atoms with E-state index in [1.165, 1.54) is 48.5 Å². The third-order valence-electron chi connectivity index (χ3n) is 5.58. The van der Waals surface area contributed by atoms with E-state index >= 15 is 0 Å². The summed E-state index contributed by atoms with van der Waals surface area (Å²) >= 11 is 0. The highest BCUT2D eigenvalue weighted by Crippen LogP contribution is 2.15. The van der Waals surface area contributed by atoms with Crippen LogP contribution in [-0.4, -0.2) is 70.5 Å². The fraction of sp³-hybridized carbons (Fsp3) is 0.364. The third kappa shape index (κ3) is 8.14. The summed E-state index contributed by atoms with van der Waals surface area (Å²) in [5, 5.41) is 21.4. The molecular formula is C22H26Cl2N4O6. The molecule has 1 saturated heterocycles. The molecule has 34 heavy (non-hydrogen) atoms. The van der Waals surface area contributed by atoms with Gasteiger partial charge in [-0.2, -0.15) is 0 Å². The number of nitro groups is 2. The predicted octanol–water partition coefficient (Wildman–Crippen LogP) is 3.81. The first-order valence-corrected chi connectivity index (χ1v) is 10.3. The van der Waals surface area contributed by atoms with Crippen LogP contribution < -0.4 is 0 Å². The Hall–Kier alpha value is -2.92. The van der Waals surface area contributed by atoms with Crippen molar-refractivity contribution in [1.29, 1.82) is 0 Å². The predicted molar refractivity (Wildman–Crippen MR) is 131 cm³/mol. The zero-order chi connectivity index (χ0) is 23.1. The van der Waals surface area contributed by atoms with Crippen LogP contribution >= 0.6 is 24.8 Å². The SMILES string of the molecule is Cl.Cl.O=C(CCN1CCN(CCC(=O)c2ccc([N+](=O)[O-])cc2)CC1)c1ccc([N+](=O)[O-])cc1. The molecule has 0 spiro atoms. The van der Waals surface area contributed by atoms with Crippen molar-refractivity contribution < 1.29 is 19.4 Å². The Bertz CT molecular complexity index is 912. The van der Waals surface area contributed by atoms with Crippen LogP contribution in [0.5, 0.6) is 0 Å². The average molecular weight is 513 g/mol. The molecule has 0 unspecified atom stereocenters. The minimum absolute atomic E-state index is 0. The molecule has 0 aromatic heterocycles. The van der Waals surface area contributed by atoms with Crippen LogP contribution in [0.4, 0.5) is 11.4 Å². The van der Waals surface area contributed by atoms with Crippen LogP contribution in [-0.2, 0) is 0 Å². The highest BCUT2D eigenvalue weighted by Gasteiger charge is 2.19. The van der Waals surface area contributed by atoms with Gasteiger partial charge >= 0.3 is 0 Å². The Morgan fingerprint density at radius 1 is 0.647 bits per heavy atom. The van der Waals surface area contributed by atoms with E-state index in [0.717, 1.165) is 26.2 Å². The molecule has 0 bridgehead atoms. The van der Waals surface area contributed by atoms with Crippen molar-refractivity contribution in [2.24, 2.45) is 0 Å². The number of carbonyl (C=O) groups is 2. The van der Waals surface area contributed by atoms with Gasteiger partial charge in [0, 0.05) is 87.5 Å². The molecule has 0 aliphatic carbocycles. The number of non-ortho nitro benzene ring substituents is 2. The van der Waals surface area contributed by atoms with Crippen molar-refractivity contribution in [2.75, 3.05) is 39.3 Å². The lowest BCUT2D eigenvalue weighted by molar-refractivity contribution is -0.385. The number of piperazine rings is 1. The first-order chi connectivity index (χ1) is 15.3. The first kappa shape index (κ1) is 29.1. The van der Waals surface area contributed by atoms with Gasteiger partial charge in [-0.15, -0.1) is 24.8 Å². The Morgan fingerprint density at radius 2 is 0.941 bits per heavy atom. The van der Waals surface area contributed by atoms with Gasteiger partial charge in [0.1, 0.15) is 0 Å². The Labute approximate surface area is 209 Å². The van der Waals surface area contributed by atoms with Gasteiger partial charge in [0.2, 0.25) is 0 Å². The van der Waals surface area contributed by atoms with Crippen LogP contribution in [0.15, 0.2) is 48.5 Å². The number of rotatable bonds is 10. The van der Waals surface area contributed by atoms with Crippen LogP contribution in [0.1, 0.15) is 33.6 Å². The molecule has 0 atom stereocenters. The molecule has 0 saturated carbocycles. The van der Waals surface area contributed by atoms with Crippen molar-refractivity contribution in [3.8, 4) is 0 Å². The topological polar surface area (TPSA) is 127 Å². The van der Waals surface area contributed by atoms with Gasteiger partial charge in [-0.25, -0.2) is 0 Å². The van der Waals surface area contributed by atoms with Gasteiger partial charge < -0.3 is 9.80 Å². The normalized spacial score (nSPS) is 13.9. The molecule has 12 heteroatoms. The monoisotopic (exact) mass is 512 g/mol. The van der Waals surface area contributed by atoms with Crippen LogP contribution in [0.3, 0.4) is 0 Å². The second-order valence-electron chi connectivity index (χ2n) is 7.64. The van der Waals surface area contributed by atoms with E-state index in [1.54, 1.807) is 0 Å². The second-order valence-corrected chi connectivity index (χ2v) is 7.64. The zero-order valence-electron chi connectivity index (χ0n) is 18.3. The van der Waals surface area contributed by atoms with Gasteiger partial charge in [0.05, 0.1) is 9.85 Å². The van der Waals surface area contributed by atoms with E-state index in [1.807, 2.05) is 0 Å². The Kier molecular flexibility index (Phi) is 11.7. The second kappa shape index (κ2) is 13.7. The molecule has 2 aromatic carbocycles. The number of ketones is 2. The summed E-state index contributed by atoms with van der Waals surface area (Å²) in [5.41, 5.74) is 0.868. The third-order valence-corrected chi connectivity index (χ3v) is 5.58. The maximum Gasteiger partial charge on any atom is 0.269 e. The lowest BCUT2D eigenvalue weighted by Crippen LogP contribution is -2.47. The molecule has 1 aliphatic heterocycles. The summed E-state index contributed by atoms with van der Waals surface area (Å²) in [5.74, 6) is -0.0907. The first-order valence-electron chi connectivity index (χ1n) is 10.3. The molecule has 2 aromatic rings. The number of hydrogen-bond donors (Lipinski definition) is 0. The molecule has 184 valence electrons. The fourth-order valence-electron chi connectivity index (χ4n) is 3.58. The molecular weight excluding hydrogens is 487 g/mol. The minimum atomic E-state index is -0.493. The number of benzene rings is 2. The van der Waals surface area contributed by atoms with E-state index in [-0.39, 0.29) is 47.8 Å². The van der Waals surface area contributed by atoms with Gasteiger partial charge in [0.15, 0.2) is 11.6 Å². The maximum absolute atomic E-state index is 12.3. The molecule has 1 aliphatic rings. The van der Waals surface area contributed by atoms with Crippen LogP contribution in [0.25, 0.3) is 0 Å². The van der Waals surface area contributed by atoms with E-state index in [0.29, 0.717) is 37.1 Å². The zero-order valence-corrected chi connectivity index (χ0v) is 20.0. The lowest BCUT2D eigenvalue weighted by atomic mass is 10.1. The molecule has 1 heterocycles. The summed E-state index contributed by atoms with van der Waals surface area (Å²) in [6.07, 6.45) is 0.687. The minimum Gasteiger partial charge on any atom is -0.300 e. The van der Waals surface area contributed by atoms with Gasteiger partial charge in [-0.1, -0.05) is 0 Å². The van der Waals surface area contributed by atoms with E-state index in [4.69, 9.17) is 0 Å². The van der Waals surface area contributed by atoms with E-state index in [9.17, 15) is 29.8 Å². The highest BCUT2D eigenvalue weighted by atomic mass is 35.5. The Morgan fingerprint density at radius 3 is 1.21 bits per heavy atom. The number of nitro benzene ring substituents is 2. The molecule has 0 radical (unpaired) electrons. The quantitative estimate of drug-likeness (QED) is 0.267. The number of Topliss-reactive ketones (excluding diaryl/α,β-unsaturated/α-hetero) is 2. The number of halogens is 2. The number of nitrogens with zero attached hydrogens (tertiary/aromatic N) is 4. The van der Waals surface area contributed by atoms with Crippen molar-refractivity contribution in [3.05, 3.63) is 79.9 Å². The van der Waals surface area contributed by atoms with Gasteiger partial charge in [-0.3, -0.25) is 29.8 Å². The van der Waals surface area contributed by atoms with Crippen LogP contribution in [0, 0.1) is 20.2 Å². The summed E-state index contributed by atoms with van der Waals surface area (Å²) < 4.78 is 0. The molecule has 0 N–H and O–H groups in total. The summed E-state index contributed by atoms with van der Waals surface area (Å²) in [7, 11) is 0. The molecule has 3 rings (SSSR count). The highest BCUT2D eigenvalue weighted by molar-refractivity contribution is 5.96. The lowest BCUT2D eigenvalue weighted by Gasteiger charge is -2.34. The van der Waals surface area contributed by atoms with Crippen LogP contribution in [0.2, 0.25) is 0 Å². The molecule has 0 amide bonds. The summed E-state index contributed by atoms with van der Waals surface area (Å²) in [6.45, 7) is 4.40. The molecule has 1 fully saturated rings. The average Bonchev–Trinajstić information content (AvgIpc) is 2.81. The van der Waals surface area contributed by atoms with Crippen molar-refractivity contribution >= 4 is 47.8 Å². The Balaban J connectivity index is 0.00000289. The van der Waals surface area contributed by atoms with Crippen molar-refractivity contribution in [2.45, 2.75) is 12.8 Å². The smallest absolute Gasteiger partial charge is 0.269 e. The van der Waals surface area contributed by atoms with Gasteiger partial charge in [-0.05, 0) is 24.3 Å². The van der Waals surface area contributed by atoms with Crippen molar-refractivity contribution in [3.63, 3.8) is 0 Å². The van der Waals surface area contributed by atoms with Crippen molar-refractivity contribution in [1.82, 2.24) is 9.80 Å². The summed E-state index contributed by atoms with van der Waals surface area (Å²) in [6, 6.07) is 11.3. The number of hydrogen-bond acceptors (Lipinski definition) is 8. The summed E-state index contributed by atoms with van der Waals surface area (Å²) in [4.78, 5) is 49.4. The molecule has 10 nitrogen and oxygen atoms in total. The van der Waals surface area contributed by atoms with Gasteiger partial charge in [0.25, 0.3) is 11.4 Å². The van der Waals surface area contributed by atoms with E-state index < -0.39 is 9.85 Å². The maximum atomic E-state index is 12.3. The standard InChI is InChI=1S/C22H24N4O6.2ClH/c27-21(17-1-5-19(6-2-17)25(29)30)9-11-23-13-15-24(16-14-23)12-10-22(28)18-3-7-20(8-4-18)26(31)32;;/h1-8H,9-16H2;2*1H. The largest absolute Gasteiger partial charge is 0.300 e.